The molecule has 0 spiro atoms. The summed E-state index contributed by atoms with van der Waals surface area (Å²) >= 11 is 0. The van der Waals surface area contributed by atoms with Gasteiger partial charge in [-0.15, -0.1) is 0 Å². The molecular weight excluding hydrogens is 553 g/mol. The molecule has 4 N–H and O–H groups in total. The van der Waals surface area contributed by atoms with Crippen molar-refractivity contribution in [2.45, 2.75) is 128 Å². The summed E-state index contributed by atoms with van der Waals surface area (Å²) in [4.78, 5) is 44.5. The number of aldehydes is 1. The smallest absolute Gasteiger partial charge is 0.462 e. The van der Waals surface area contributed by atoms with Crippen molar-refractivity contribution in [2.24, 2.45) is 5.73 Å². The van der Waals surface area contributed by atoms with Crippen LogP contribution in [0.15, 0.2) is 12.2 Å². The number of phosphoric ester groups is 1. The molecule has 0 aromatic carbocycles. The van der Waals surface area contributed by atoms with Crippen molar-refractivity contribution in [2.75, 3.05) is 26.4 Å². The van der Waals surface area contributed by atoms with Crippen molar-refractivity contribution in [3.63, 3.8) is 0 Å². The molecule has 0 amide bonds. The zero-order valence-electron chi connectivity index (χ0n) is 24.9. The standard InChI is InChI=1S/C29H54NO10P/c1-2-3-4-5-6-7-8-9-10-11-12-13-14-19-28(33)37-24-27(25-39-41(35,36)38-23-21-30)40-29(34)20-15-17-26(32)18-16-22-31/h16,18,22,26-27,32H,2-15,17,19-21,23-25,30H2,1H3,(H,35,36)/b18-16+/t26?,27-/m1/s1. The van der Waals surface area contributed by atoms with Crippen LogP contribution in [-0.2, 0) is 37.5 Å². The van der Waals surface area contributed by atoms with Crippen molar-refractivity contribution in [1.29, 1.82) is 0 Å². The van der Waals surface area contributed by atoms with Gasteiger partial charge < -0.3 is 25.2 Å². The summed E-state index contributed by atoms with van der Waals surface area (Å²) in [6, 6.07) is 0. The average Bonchev–Trinajstić information content (AvgIpc) is 2.94. The number of carbonyl (C=O) groups is 3. The minimum absolute atomic E-state index is 0.0109. The van der Waals surface area contributed by atoms with Crippen LogP contribution in [0.25, 0.3) is 0 Å². The Morgan fingerprint density at radius 3 is 1.95 bits per heavy atom. The molecule has 0 aromatic heterocycles. The van der Waals surface area contributed by atoms with Crippen LogP contribution in [0.5, 0.6) is 0 Å². The third-order valence-corrected chi connectivity index (χ3v) is 7.29. The Hall–Kier alpha value is -1.62. The zero-order valence-corrected chi connectivity index (χ0v) is 25.8. The Morgan fingerprint density at radius 2 is 1.39 bits per heavy atom. The molecule has 3 atom stereocenters. The normalized spacial score (nSPS) is 14.4. The zero-order chi connectivity index (χ0) is 30.6. The molecule has 0 saturated heterocycles. The monoisotopic (exact) mass is 607 g/mol. The number of rotatable bonds is 29. The summed E-state index contributed by atoms with van der Waals surface area (Å²) in [6.07, 6.45) is 17.2. The maximum atomic E-state index is 12.2. The third kappa shape index (κ3) is 27.0. The van der Waals surface area contributed by atoms with Crippen LogP contribution in [0.4, 0.5) is 0 Å². The van der Waals surface area contributed by atoms with Gasteiger partial charge in [0.15, 0.2) is 6.10 Å². The number of hydrogen-bond donors (Lipinski definition) is 3. The molecule has 0 heterocycles. The van der Waals surface area contributed by atoms with Gasteiger partial charge >= 0.3 is 19.8 Å². The van der Waals surface area contributed by atoms with E-state index in [-0.39, 0.29) is 45.4 Å². The van der Waals surface area contributed by atoms with Crippen LogP contribution < -0.4 is 5.73 Å². The van der Waals surface area contributed by atoms with E-state index in [0.29, 0.717) is 12.7 Å². The van der Waals surface area contributed by atoms with Crippen LogP contribution in [0.1, 0.15) is 116 Å². The molecule has 0 fully saturated rings. The molecule has 0 rings (SSSR count). The van der Waals surface area contributed by atoms with Crippen molar-refractivity contribution in [1.82, 2.24) is 0 Å². The summed E-state index contributed by atoms with van der Waals surface area (Å²) in [5, 5.41) is 9.70. The number of aliphatic hydroxyl groups excluding tert-OH is 1. The minimum Gasteiger partial charge on any atom is -0.462 e. The molecule has 0 aliphatic heterocycles. The largest absolute Gasteiger partial charge is 0.472 e. The van der Waals surface area contributed by atoms with Crippen LogP contribution in [0.2, 0.25) is 0 Å². The van der Waals surface area contributed by atoms with Crippen LogP contribution >= 0.6 is 7.82 Å². The quantitative estimate of drug-likeness (QED) is 0.0331. The first-order valence-corrected chi connectivity index (χ1v) is 16.7. The number of allylic oxidation sites excluding steroid dienone is 1. The van der Waals surface area contributed by atoms with Gasteiger partial charge in [-0.05, 0) is 25.3 Å². The number of esters is 2. The molecule has 0 aliphatic rings. The number of phosphoric acid groups is 1. The Balaban J connectivity index is 4.31. The Morgan fingerprint density at radius 1 is 0.829 bits per heavy atom. The lowest BCUT2D eigenvalue weighted by Gasteiger charge is -2.20. The fourth-order valence-electron chi connectivity index (χ4n) is 4.01. The SMILES string of the molecule is CCCCCCCCCCCCCCCC(=O)OC[C@H](COP(=O)(O)OCCN)OC(=O)CCCC(O)/C=C/C=O. The molecule has 0 aromatic rings. The first-order valence-electron chi connectivity index (χ1n) is 15.2. The van der Waals surface area contributed by atoms with Crippen molar-refractivity contribution < 1.29 is 47.5 Å². The summed E-state index contributed by atoms with van der Waals surface area (Å²) in [7, 11) is -4.42. The van der Waals surface area contributed by atoms with Gasteiger partial charge in [0, 0.05) is 19.4 Å². The Kier molecular flexibility index (Phi) is 26.2. The number of nitrogens with two attached hydrogens (primary N) is 1. The van der Waals surface area contributed by atoms with Gasteiger partial charge in [-0.1, -0.05) is 90.0 Å². The molecule has 0 radical (unpaired) electrons. The van der Waals surface area contributed by atoms with E-state index in [1.165, 1.54) is 69.9 Å². The average molecular weight is 608 g/mol. The van der Waals surface area contributed by atoms with Crippen LogP contribution in [0.3, 0.4) is 0 Å². The van der Waals surface area contributed by atoms with E-state index >= 15 is 0 Å². The highest BCUT2D eigenvalue weighted by atomic mass is 31.2. The van der Waals surface area contributed by atoms with E-state index in [1.807, 2.05) is 0 Å². The lowest BCUT2D eigenvalue weighted by atomic mass is 10.0. The van der Waals surface area contributed by atoms with Gasteiger partial charge in [-0.2, -0.15) is 0 Å². The van der Waals surface area contributed by atoms with Crippen molar-refractivity contribution in [3.8, 4) is 0 Å². The topological polar surface area (TPSA) is 172 Å². The number of ether oxygens (including phenoxy) is 2. The van der Waals surface area contributed by atoms with Crippen LogP contribution in [-0.4, -0.2) is 66.8 Å². The maximum Gasteiger partial charge on any atom is 0.472 e. The molecule has 2 unspecified atom stereocenters. The predicted molar refractivity (Wildman–Crippen MR) is 157 cm³/mol. The van der Waals surface area contributed by atoms with Crippen LogP contribution in [0, 0.1) is 0 Å². The highest BCUT2D eigenvalue weighted by Gasteiger charge is 2.26. The van der Waals surface area contributed by atoms with Gasteiger partial charge in [0.1, 0.15) is 12.9 Å². The first-order chi connectivity index (χ1) is 19.7. The highest BCUT2D eigenvalue weighted by Crippen LogP contribution is 2.43. The van der Waals surface area contributed by atoms with Gasteiger partial charge in [-0.25, -0.2) is 4.57 Å². The van der Waals surface area contributed by atoms with Gasteiger partial charge in [0.05, 0.1) is 19.3 Å². The fraction of sp³-hybridized carbons (Fsp3) is 0.828. The van der Waals surface area contributed by atoms with Gasteiger partial charge in [0.2, 0.25) is 0 Å². The van der Waals surface area contributed by atoms with E-state index in [1.54, 1.807) is 0 Å². The second-order valence-electron chi connectivity index (χ2n) is 10.2. The fourth-order valence-corrected chi connectivity index (χ4v) is 4.78. The molecule has 0 bridgehead atoms. The predicted octanol–water partition coefficient (Wildman–Crippen LogP) is 5.30. The summed E-state index contributed by atoms with van der Waals surface area (Å²) < 4.78 is 32.0. The molecule has 41 heavy (non-hydrogen) atoms. The first kappa shape index (κ1) is 39.4. The van der Waals surface area contributed by atoms with Crippen molar-refractivity contribution >= 4 is 26.0 Å². The molecule has 0 aliphatic carbocycles. The number of unbranched alkanes of at least 4 members (excludes halogenated alkanes) is 12. The molecule has 12 heteroatoms. The molecule has 0 saturated carbocycles. The highest BCUT2D eigenvalue weighted by molar-refractivity contribution is 7.47. The van der Waals surface area contributed by atoms with E-state index < -0.39 is 38.6 Å². The second kappa shape index (κ2) is 27.2. The van der Waals surface area contributed by atoms with E-state index in [2.05, 4.69) is 11.4 Å². The number of carbonyl (C=O) groups excluding carboxylic acids is 3. The van der Waals surface area contributed by atoms with E-state index in [4.69, 9.17) is 19.7 Å². The maximum absolute atomic E-state index is 12.2. The van der Waals surface area contributed by atoms with Crippen molar-refractivity contribution in [3.05, 3.63) is 12.2 Å². The van der Waals surface area contributed by atoms with Gasteiger partial charge in [0.25, 0.3) is 0 Å². The summed E-state index contributed by atoms with van der Waals surface area (Å²) in [5.74, 6) is -1.11. The Bertz CT molecular complexity index is 749. The Labute approximate surface area is 246 Å². The third-order valence-electron chi connectivity index (χ3n) is 6.30. The van der Waals surface area contributed by atoms with E-state index in [9.17, 15) is 28.9 Å². The lowest BCUT2D eigenvalue weighted by Crippen LogP contribution is -2.29. The van der Waals surface area contributed by atoms with Gasteiger partial charge in [-0.3, -0.25) is 23.4 Å². The summed E-state index contributed by atoms with van der Waals surface area (Å²) in [5.41, 5.74) is 5.26. The minimum atomic E-state index is -4.42. The number of hydrogen-bond acceptors (Lipinski definition) is 10. The molecule has 240 valence electrons. The molecule has 11 nitrogen and oxygen atoms in total. The summed E-state index contributed by atoms with van der Waals surface area (Å²) in [6.45, 7) is 1.17. The lowest BCUT2D eigenvalue weighted by molar-refractivity contribution is -0.161. The number of aliphatic hydroxyl groups is 1. The second-order valence-corrected chi connectivity index (χ2v) is 11.6. The van der Waals surface area contributed by atoms with E-state index in [0.717, 1.165) is 19.3 Å². The molecular formula is C29H54NO10P.